The monoisotopic (exact) mass is 286 g/mol. The molecule has 7 heteroatoms. The predicted octanol–water partition coefficient (Wildman–Crippen LogP) is 0.881. The lowest BCUT2D eigenvalue weighted by Gasteiger charge is -2.40. The smallest absolute Gasteiger partial charge is 0.249 e. The fraction of sp³-hybridized carbons (Fsp3) is 0.833. The SMILES string of the molecule is CCN=C1NC(SC)=NC(NC(C)C)(NC(C)C)N1. The maximum Gasteiger partial charge on any atom is 0.249 e. The summed E-state index contributed by atoms with van der Waals surface area (Å²) in [6.07, 6.45) is 2.00. The minimum Gasteiger partial charge on any atom is -0.306 e. The molecule has 0 aromatic heterocycles. The Bertz CT molecular complexity index is 340. The van der Waals surface area contributed by atoms with Crippen LogP contribution >= 0.6 is 11.8 Å². The highest BCUT2D eigenvalue weighted by molar-refractivity contribution is 8.13. The first-order valence-corrected chi connectivity index (χ1v) is 7.92. The maximum atomic E-state index is 4.70. The van der Waals surface area contributed by atoms with E-state index >= 15 is 0 Å². The highest BCUT2D eigenvalue weighted by atomic mass is 32.2. The van der Waals surface area contributed by atoms with Gasteiger partial charge >= 0.3 is 0 Å². The molecule has 1 aliphatic heterocycles. The Balaban J connectivity index is 3.07. The largest absolute Gasteiger partial charge is 0.306 e. The van der Waals surface area contributed by atoms with Gasteiger partial charge in [0.2, 0.25) is 11.9 Å². The second kappa shape index (κ2) is 7.12. The van der Waals surface area contributed by atoms with E-state index in [-0.39, 0.29) is 12.1 Å². The molecule has 0 spiro atoms. The van der Waals surface area contributed by atoms with Crippen LogP contribution in [0.2, 0.25) is 0 Å². The number of nitrogens with zero attached hydrogens (tertiary/aromatic N) is 2. The summed E-state index contributed by atoms with van der Waals surface area (Å²) in [5.41, 5.74) is 0. The molecule has 0 atom stereocenters. The lowest BCUT2D eigenvalue weighted by Crippen LogP contribution is -2.73. The summed E-state index contributed by atoms with van der Waals surface area (Å²) >= 11 is 1.57. The molecule has 110 valence electrons. The normalized spacial score (nSPS) is 20.4. The molecule has 0 fully saturated rings. The van der Waals surface area contributed by atoms with Gasteiger partial charge in [-0.1, -0.05) is 11.8 Å². The first kappa shape index (κ1) is 16.3. The Morgan fingerprint density at radius 1 is 1.26 bits per heavy atom. The van der Waals surface area contributed by atoms with Crippen molar-refractivity contribution in [2.75, 3.05) is 12.8 Å². The van der Waals surface area contributed by atoms with Crippen molar-refractivity contribution in [3.63, 3.8) is 0 Å². The van der Waals surface area contributed by atoms with Crippen LogP contribution < -0.4 is 21.3 Å². The Hall–Kier alpha value is -0.790. The average Bonchev–Trinajstić information content (AvgIpc) is 2.26. The minimum atomic E-state index is -0.708. The van der Waals surface area contributed by atoms with Crippen LogP contribution in [-0.4, -0.2) is 41.9 Å². The first-order valence-electron chi connectivity index (χ1n) is 6.69. The summed E-state index contributed by atoms with van der Waals surface area (Å²) < 4.78 is 0. The molecular weight excluding hydrogens is 260 g/mol. The van der Waals surface area contributed by atoms with Crippen LogP contribution in [0.15, 0.2) is 9.98 Å². The van der Waals surface area contributed by atoms with Gasteiger partial charge in [0.1, 0.15) is 0 Å². The molecule has 4 N–H and O–H groups in total. The van der Waals surface area contributed by atoms with E-state index in [9.17, 15) is 0 Å². The highest BCUT2D eigenvalue weighted by Crippen LogP contribution is 2.11. The van der Waals surface area contributed by atoms with Gasteiger partial charge in [-0.2, -0.15) is 0 Å². The zero-order valence-electron chi connectivity index (χ0n) is 12.7. The third-order valence-corrected chi connectivity index (χ3v) is 2.88. The molecule has 0 aliphatic carbocycles. The first-order chi connectivity index (χ1) is 8.90. The molecule has 0 saturated carbocycles. The van der Waals surface area contributed by atoms with E-state index < -0.39 is 5.91 Å². The molecule has 0 aromatic carbocycles. The van der Waals surface area contributed by atoms with E-state index in [0.29, 0.717) is 0 Å². The second-order valence-corrected chi connectivity index (χ2v) is 5.80. The van der Waals surface area contributed by atoms with Gasteiger partial charge < -0.3 is 10.6 Å². The number of hydrogen-bond acceptors (Lipinski definition) is 5. The molecule has 1 aliphatic rings. The number of nitrogens with one attached hydrogen (secondary N) is 4. The maximum absolute atomic E-state index is 4.70. The van der Waals surface area contributed by atoms with Gasteiger partial charge in [0.05, 0.1) is 0 Å². The van der Waals surface area contributed by atoms with Crippen LogP contribution in [0.4, 0.5) is 0 Å². The van der Waals surface area contributed by atoms with Gasteiger partial charge in [-0.25, -0.2) is 4.99 Å². The van der Waals surface area contributed by atoms with Crippen molar-refractivity contribution in [2.24, 2.45) is 9.98 Å². The van der Waals surface area contributed by atoms with Crippen LogP contribution in [0.5, 0.6) is 0 Å². The lowest BCUT2D eigenvalue weighted by molar-refractivity contribution is 0.203. The van der Waals surface area contributed by atoms with Gasteiger partial charge in [-0.05, 0) is 40.9 Å². The number of guanidine groups is 1. The molecule has 1 heterocycles. The highest BCUT2D eigenvalue weighted by Gasteiger charge is 2.35. The molecule has 0 amide bonds. The van der Waals surface area contributed by atoms with Crippen LogP contribution in [0.1, 0.15) is 34.6 Å². The third-order valence-electron chi connectivity index (χ3n) is 2.30. The minimum absolute atomic E-state index is 0.284. The number of amidine groups is 1. The van der Waals surface area contributed by atoms with Crippen LogP contribution in [0.25, 0.3) is 0 Å². The summed E-state index contributed by atoms with van der Waals surface area (Å²) in [4.78, 5) is 9.11. The zero-order valence-corrected chi connectivity index (χ0v) is 13.5. The number of hydrogen-bond donors (Lipinski definition) is 4. The van der Waals surface area contributed by atoms with Crippen LogP contribution in [0, 0.1) is 0 Å². The molecule has 0 bridgehead atoms. The zero-order chi connectivity index (χ0) is 14.5. The van der Waals surface area contributed by atoms with E-state index in [4.69, 9.17) is 4.99 Å². The standard InChI is InChI=1S/C12H26N6S/c1-7-13-10-14-11(19-6)18-12(17-10,15-8(2)3)16-9(4)5/h8-9,15-16H,7H2,1-6H3,(H2,13,14,17,18). The van der Waals surface area contributed by atoms with Crippen LogP contribution in [-0.2, 0) is 0 Å². The van der Waals surface area contributed by atoms with Gasteiger partial charge in [-0.3, -0.25) is 15.6 Å². The van der Waals surface area contributed by atoms with Crippen molar-refractivity contribution >= 4 is 22.9 Å². The van der Waals surface area contributed by atoms with Gasteiger partial charge in [0.25, 0.3) is 0 Å². The predicted molar refractivity (Wildman–Crippen MR) is 84.5 cm³/mol. The fourth-order valence-corrected chi connectivity index (χ4v) is 2.29. The summed E-state index contributed by atoms with van der Waals surface area (Å²) in [5.74, 6) is 0.0306. The van der Waals surface area contributed by atoms with Crippen LogP contribution in [0.3, 0.4) is 0 Å². The Labute approximate surface area is 120 Å². The molecular formula is C12H26N6S. The Morgan fingerprint density at radius 2 is 1.84 bits per heavy atom. The third kappa shape index (κ3) is 5.00. The molecule has 0 aromatic rings. The molecule has 0 saturated heterocycles. The number of thioether (sulfide) groups is 1. The van der Waals surface area contributed by atoms with Crippen molar-refractivity contribution in [3.8, 4) is 0 Å². The number of aliphatic imine (C=N–C) groups is 2. The van der Waals surface area contributed by atoms with Crippen molar-refractivity contribution < 1.29 is 0 Å². The molecule has 6 nitrogen and oxygen atoms in total. The van der Waals surface area contributed by atoms with Crippen molar-refractivity contribution in [1.82, 2.24) is 21.3 Å². The van der Waals surface area contributed by atoms with E-state index in [1.54, 1.807) is 11.8 Å². The Kier molecular flexibility index (Phi) is 6.09. The molecule has 0 radical (unpaired) electrons. The van der Waals surface area contributed by atoms with Crippen molar-refractivity contribution in [3.05, 3.63) is 0 Å². The van der Waals surface area contributed by atoms with E-state index in [1.807, 2.05) is 13.2 Å². The van der Waals surface area contributed by atoms with E-state index in [2.05, 4.69) is 54.0 Å². The Morgan fingerprint density at radius 3 is 2.26 bits per heavy atom. The molecule has 1 rings (SSSR count). The lowest BCUT2D eigenvalue weighted by atomic mass is 10.3. The average molecular weight is 286 g/mol. The quantitative estimate of drug-likeness (QED) is 0.565. The van der Waals surface area contributed by atoms with Gasteiger partial charge in [-0.15, -0.1) is 0 Å². The fourth-order valence-electron chi connectivity index (χ4n) is 1.86. The molecule has 19 heavy (non-hydrogen) atoms. The number of rotatable bonds is 5. The summed E-state index contributed by atoms with van der Waals surface area (Å²) in [6, 6.07) is 0.568. The van der Waals surface area contributed by atoms with Gasteiger partial charge in [0, 0.05) is 18.6 Å². The van der Waals surface area contributed by atoms with Gasteiger partial charge in [0.15, 0.2) is 5.17 Å². The topological polar surface area (TPSA) is 72.8 Å². The van der Waals surface area contributed by atoms with E-state index in [0.717, 1.165) is 17.7 Å². The summed E-state index contributed by atoms with van der Waals surface area (Å²) in [6.45, 7) is 11.1. The van der Waals surface area contributed by atoms with Crippen molar-refractivity contribution in [1.29, 1.82) is 0 Å². The summed E-state index contributed by atoms with van der Waals surface area (Å²) in [7, 11) is 0. The second-order valence-electron chi connectivity index (χ2n) is 5.00. The molecule has 0 unspecified atom stereocenters. The van der Waals surface area contributed by atoms with E-state index in [1.165, 1.54) is 0 Å². The van der Waals surface area contributed by atoms with Crippen molar-refractivity contribution in [2.45, 2.75) is 52.6 Å². The summed E-state index contributed by atoms with van der Waals surface area (Å²) in [5, 5.41) is 14.2.